The van der Waals surface area contributed by atoms with Crippen LogP contribution in [0.3, 0.4) is 0 Å². The lowest BCUT2D eigenvalue weighted by molar-refractivity contribution is -0.126. The minimum absolute atomic E-state index is 0.190. The first kappa shape index (κ1) is 9.97. The Morgan fingerprint density at radius 2 is 2.21 bits per heavy atom. The second-order valence-electron chi connectivity index (χ2n) is 4.73. The zero-order chi connectivity index (χ0) is 9.97. The van der Waals surface area contributed by atoms with Gasteiger partial charge in [0.15, 0.2) is 0 Å². The van der Waals surface area contributed by atoms with Crippen molar-refractivity contribution in [2.45, 2.75) is 26.2 Å². The lowest BCUT2D eigenvalue weighted by Gasteiger charge is -2.31. The largest absolute Gasteiger partial charge is 0.356 e. The van der Waals surface area contributed by atoms with E-state index in [0.29, 0.717) is 5.92 Å². The van der Waals surface area contributed by atoms with Gasteiger partial charge >= 0.3 is 0 Å². The van der Waals surface area contributed by atoms with Gasteiger partial charge in [-0.3, -0.25) is 4.79 Å². The van der Waals surface area contributed by atoms with Gasteiger partial charge in [-0.25, -0.2) is 0 Å². The van der Waals surface area contributed by atoms with Gasteiger partial charge in [0, 0.05) is 12.5 Å². The van der Waals surface area contributed by atoms with Gasteiger partial charge in [-0.1, -0.05) is 19.8 Å². The smallest absolute Gasteiger partial charge is 0.223 e. The molecule has 2 aliphatic rings. The van der Waals surface area contributed by atoms with E-state index in [1.54, 1.807) is 0 Å². The number of nitrogens with one attached hydrogen (secondary N) is 2. The van der Waals surface area contributed by atoms with E-state index in [2.05, 4.69) is 10.6 Å². The van der Waals surface area contributed by atoms with Crippen molar-refractivity contribution in [3.8, 4) is 0 Å². The minimum Gasteiger partial charge on any atom is -0.356 e. The summed E-state index contributed by atoms with van der Waals surface area (Å²) in [6.07, 6.45) is 3.93. The summed E-state index contributed by atoms with van der Waals surface area (Å²) in [7, 11) is 0. The number of carbonyl (C=O) groups is 1. The zero-order valence-electron chi connectivity index (χ0n) is 8.88. The second kappa shape index (κ2) is 4.30. The molecule has 2 N–H and O–H groups in total. The van der Waals surface area contributed by atoms with Crippen LogP contribution in [-0.4, -0.2) is 25.5 Å². The molecule has 80 valence electrons. The molecule has 3 heteroatoms. The predicted molar refractivity (Wildman–Crippen MR) is 55.9 cm³/mol. The highest BCUT2D eigenvalue weighted by molar-refractivity contribution is 5.78. The third kappa shape index (κ3) is 2.47. The monoisotopic (exact) mass is 196 g/mol. The number of hydrogen-bond donors (Lipinski definition) is 2. The summed E-state index contributed by atoms with van der Waals surface area (Å²) in [5, 5.41) is 6.24. The SMILES string of the molecule is CC(C(=O)NCCC1CC1)C1CNC1. The summed E-state index contributed by atoms with van der Waals surface area (Å²) >= 11 is 0. The molecule has 0 aromatic carbocycles. The summed E-state index contributed by atoms with van der Waals surface area (Å²) in [6, 6.07) is 0. The van der Waals surface area contributed by atoms with E-state index >= 15 is 0 Å². The fraction of sp³-hybridized carbons (Fsp3) is 0.909. The zero-order valence-corrected chi connectivity index (χ0v) is 8.88. The summed E-state index contributed by atoms with van der Waals surface area (Å²) < 4.78 is 0. The van der Waals surface area contributed by atoms with E-state index in [9.17, 15) is 4.79 Å². The van der Waals surface area contributed by atoms with Crippen LogP contribution in [0.5, 0.6) is 0 Å². The Balaban J connectivity index is 1.60. The Morgan fingerprint density at radius 3 is 2.71 bits per heavy atom. The van der Waals surface area contributed by atoms with Crippen molar-refractivity contribution in [1.82, 2.24) is 10.6 Å². The van der Waals surface area contributed by atoms with E-state index in [1.807, 2.05) is 6.92 Å². The lowest BCUT2D eigenvalue weighted by atomic mass is 9.88. The van der Waals surface area contributed by atoms with Gasteiger partial charge in [0.2, 0.25) is 5.91 Å². The molecule has 0 aromatic rings. The fourth-order valence-corrected chi connectivity index (χ4v) is 1.85. The van der Waals surface area contributed by atoms with Crippen molar-refractivity contribution in [2.75, 3.05) is 19.6 Å². The third-order valence-corrected chi connectivity index (χ3v) is 3.48. The first-order chi connectivity index (χ1) is 6.77. The molecule has 0 aromatic heterocycles. The molecule has 1 saturated heterocycles. The first-order valence-corrected chi connectivity index (χ1v) is 5.76. The number of hydrogen-bond acceptors (Lipinski definition) is 2. The molecular formula is C11H20N2O. The van der Waals surface area contributed by atoms with Crippen LogP contribution in [0.25, 0.3) is 0 Å². The van der Waals surface area contributed by atoms with Crippen LogP contribution >= 0.6 is 0 Å². The Morgan fingerprint density at radius 1 is 1.50 bits per heavy atom. The van der Waals surface area contributed by atoms with Gasteiger partial charge < -0.3 is 10.6 Å². The van der Waals surface area contributed by atoms with Crippen molar-refractivity contribution < 1.29 is 4.79 Å². The van der Waals surface area contributed by atoms with Crippen LogP contribution in [-0.2, 0) is 4.79 Å². The third-order valence-electron chi connectivity index (χ3n) is 3.48. The molecule has 1 atom stereocenters. The van der Waals surface area contributed by atoms with Crippen molar-refractivity contribution in [2.24, 2.45) is 17.8 Å². The molecule has 1 aliphatic carbocycles. The topological polar surface area (TPSA) is 41.1 Å². The number of rotatable bonds is 5. The van der Waals surface area contributed by atoms with Crippen LogP contribution in [0, 0.1) is 17.8 Å². The molecule has 0 radical (unpaired) electrons. The number of carbonyl (C=O) groups excluding carboxylic acids is 1. The van der Waals surface area contributed by atoms with Crippen LogP contribution < -0.4 is 10.6 Å². The summed E-state index contributed by atoms with van der Waals surface area (Å²) in [5.41, 5.74) is 0. The van der Waals surface area contributed by atoms with Crippen molar-refractivity contribution in [3.05, 3.63) is 0 Å². The van der Waals surface area contributed by atoms with Crippen LogP contribution in [0.4, 0.5) is 0 Å². The molecule has 1 unspecified atom stereocenters. The highest BCUT2D eigenvalue weighted by atomic mass is 16.1. The van der Waals surface area contributed by atoms with Crippen LogP contribution in [0.1, 0.15) is 26.2 Å². The Labute approximate surface area is 85.6 Å². The average Bonchev–Trinajstić information content (AvgIpc) is 2.84. The molecule has 3 nitrogen and oxygen atoms in total. The quantitative estimate of drug-likeness (QED) is 0.681. The number of amides is 1. The normalized spacial score (nSPS) is 24.1. The lowest BCUT2D eigenvalue weighted by Crippen LogP contribution is -2.49. The molecule has 1 amide bonds. The van der Waals surface area contributed by atoms with Crippen LogP contribution in [0.15, 0.2) is 0 Å². The second-order valence-corrected chi connectivity index (χ2v) is 4.73. The van der Waals surface area contributed by atoms with E-state index in [1.165, 1.54) is 19.3 Å². The van der Waals surface area contributed by atoms with Gasteiger partial charge in [0.1, 0.15) is 0 Å². The molecule has 2 rings (SSSR count). The molecule has 0 spiro atoms. The maximum Gasteiger partial charge on any atom is 0.223 e. The van der Waals surface area contributed by atoms with Crippen LogP contribution in [0.2, 0.25) is 0 Å². The Kier molecular flexibility index (Phi) is 3.06. The molecule has 2 fully saturated rings. The predicted octanol–water partition coefficient (Wildman–Crippen LogP) is 0.758. The Hall–Kier alpha value is -0.570. The summed E-state index contributed by atoms with van der Waals surface area (Å²) in [6.45, 7) is 4.94. The average molecular weight is 196 g/mol. The molecule has 0 bridgehead atoms. The standard InChI is InChI=1S/C11H20N2O/c1-8(10-6-12-7-10)11(14)13-5-4-9-2-3-9/h8-10,12H,2-7H2,1H3,(H,13,14). The maximum absolute atomic E-state index is 11.6. The summed E-state index contributed by atoms with van der Waals surface area (Å²) in [5.74, 6) is 1.92. The summed E-state index contributed by atoms with van der Waals surface area (Å²) in [4.78, 5) is 11.6. The van der Waals surface area contributed by atoms with Gasteiger partial charge in [0.25, 0.3) is 0 Å². The Bertz CT molecular complexity index is 209. The molecule has 1 heterocycles. The van der Waals surface area contributed by atoms with Gasteiger partial charge in [-0.05, 0) is 31.3 Å². The minimum atomic E-state index is 0.190. The molecule has 1 saturated carbocycles. The van der Waals surface area contributed by atoms with Crippen molar-refractivity contribution in [3.63, 3.8) is 0 Å². The van der Waals surface area contributed by atoms with E-state index in [-0.39, 0.29) is 11.8 Å². The van der Waals surface area contributed by atoms with Crippen molar-refractivity contribution in [1.29, 1.82) is 0 Å². The van der Waals surface area contributed by atoms with Crippen molar-refractivity contribution >= 4 is 5.91 Å². The van der Waals surface area contributed by atoms with Gasteiger partial charge in [0.05, 0.1) is 0 Å². The first-order valence-electron chi connectivity index (χ1n) is 5.76. The fourth-order valence-electron chi connectivity index (χ4n) is 1.85. The van der Waals surface area contributed by atoms with Gasteiger partial charge in [-0.2, -0.15) is 0 Å². The maximum atomic E-state index is 11.6. The highest BCUT2D eigenvalue weighted by Gasteiger charge is 2.28. The molecule has 1 aliphatic heterocycles. The molecule has 14 heavy (non-hydrogen) atoms. The highest BCUT2D eigenvalue weighted by Crippen LogP contribution is 2.31. The van der Waals surface area contributed by atoms with Gasteiger partial charge in [-0.15, -0.1) is 0 Å². The molecular weight excluding hydrogens is 176 g/mol. The van der Waals surface area contributed by atoms with E-state index in [4.69, 9.17) is 0 Å². The van der Waals surface area contributed by atoms with E-state index < -0.39 is 0 Å². The van der Waals surface area contributed by atoms with E-state index in [0.717, 1.165) is 25.6 Å².